The number of aliphatic carboxylic acids is 1. The zero-order valence-electron chi connectivity index (χ0n) is 14.0. The minimum atomic E-state index is -4.79. The fraction of sp³-hybridized carbons (Fsp3) is 0.833. The van der Waals surface area contributed by atoms with Gasteiger partial charge in [-0.05, 0) is 0 Å². The van der Waals surface area contributed by atoms with Gasteiger partial charge in [0.15, 0.2) is 0 Å². The van der Waals surface area contributed by atoms with Crippen molar-refractivity contribution in [2.24, 2.45) is 0 Å². The van der Waals surface area contributed by atoms with Crippen LogP contribution in [0.2, 0.25) is 0 Å². The maximum atomic E-state index is 10.2. The summed E-state index contributed by atoms with van der Waals surface area (Å²) in [6.07, 6.45) is -6.24. The van der Waals surface area contributed by atoms with Crippen LogP contribution in [0, 0.1) is 0 Å². The van der Waals surface area contributed by atoms with Crippen LogP contribution in [0.15, 0.2) is 0 Å². The molecule has 3 atom stereocenters. The number of carbonyl (C=O) groups is 1. The van der Waals surface area contributed by atoms with Crippen molar-refractivity contribution >= 4 is 13.8 Å². The molecule has 19 heavy (non-hydrogen) atoms. The first-order chi connectivity index (χ1) is 7.13. The standard InChI is InChI=1S/C6H13O9P.3K.3H/c7-3(1-5(9)10)6(11)4(8)2-15-16(12,13)14;;;;;;/h3-4,6-8,11H,1-2H2,(H,9,10)(H2,12,13,14);;;;;;/q;3*+1;3*-1/t3-,4+,6+;;;;;;/m0....../s1. The van der Waals surface area contributed by atoms with Crippen LogP contribution in [0.3, 0.4) is 0 Å². The third-order valence-electron chi connectivity index (χ3n) is 1.59. The summed E-state index contributed by atoms with van der Waals surface area (Å²) in [5, 5.41) is 35.5. The predicted molar refractivity (Wildman–Crippen MR) is 51.6 cm³/mol. The maximum absolute atomic E-state index is 10.2. The van der Waals surface area contributed by atoms with E-state index in [4.69, 9.17) is 30.2 Å². The molecule has 0 heterocycles. The van der Waals surface area contributed by atoms with Crippen LogP contribution in [0.25, 0.3) is 0 Å². The Balaban J connectivity index is -0.0000000750. The van der Waals surface area contributed by atoms with Gasteiger partial charge in [-0.25, -0.2) is 4.57 Å². The number of aliphatic hydroxyl groups excluding tert-OH is 3. The van der Waals surface area contributed by atoms with Crippen LogP contribution in [0.1, 0.15) is 10.7 Å². The Morgan fingerprint density at radius 3 is 1.84 bits per heavy atom. The first kappa shape index (κ1) is 31.2. The minimum Gasteiger partial charge on any atom is -1.00 e. The molecule has 0 rings (SSSR count). The number of carboxylic acid groups (broad SMARTS) is 1. The van der Waals surface area contributed by atoms with Crippen LogP contribution >= 0.6 is 7.82 Å². The number of rotatable bonds is 7. The zero-order valence-corrected chi connectivity index (χ0v) is 21.3. The van der Waals surface area contributed by atoms with E-state index in [1.165, 1.54) is 0 Å². The third-order valence-corrected chi connectivity index (χ3v) is 2.07. The molecule has 0 fully saturated rings. The van der Waals surface area contributed by atoms with Crippen LogP contribution in [-0.2, 0) is 13.9 Å². The molecule has 0 radical (unpaired) electrons. The van der Waals surface area contributed by atoms with Crippen molar-refractivity contribution in [3.63, 3.8) is 0 Å². The Morgan fingerprint density at radius 1 is 1.11 bits per heavy atom. The fourth-order valence-electron chi connectivity index (χ4n) is 0.828. The van der Waals surface area contributed by atoms with Crippen molar-refractivity contribution < 1.29 is 203 Å². The Morgan fingerprint density at radius 2 is 1.53 bits per heavy atom. The largest absolute Gasteiger partial charge is 1.00 e. The number of hydrogen-bond acceptors (Lipinski definition) is 6. The number of aliphatic hydroxyl groups is 3. The van der Waals surface area contributed by atoms with E-state index in [1.54, 1.807) is 0 Å². The van der Waals surface area contributed by atoms with E-state index >= 15 is 0 Å². The molecule has 102 valence electrons. The van der Waals surface area contributed by atoms with E-state index < -0.39 is 45.1 Å². The summed E-state index contributed by atoms with van der Waals surface area (Å²) in [6.45, 7) is -0.928. The molecule has 0 spiro atoms. The van der Waals surface area contributed by atoms with Gasteiger partial charge in [-0.1, -0.05) is 0 Å². The third kappa shape index (κ3) is 18.5. The number of hydrogen-bond donors (Lipinski definition) is 6. The fourth-order valence-corrected chi connectivity index (χ4v) is 1.18. The van der Waals surface area contributed by atoms with E-state index in [0.29, 0.717) is 0 Å². The monoisotopic (exact) mass is 380 g/mol. The molecular formula is C6H16K3O9P. The molecule has 6 N–H and O–H groups in total. The molecule has 9 nitrogen and oxygen atoms in total. The molecule has 0 aliphatic carbocycles. The molecule has 13 heteroatoms. The first-order valence-electron chi connectivity index (χ1n) is 4.09. The Labute approximate surface area is 241 Å². The van der Waals surface area contributed by atoms with Gasteiger partial charge >= 0.3 is 168 Å². The van der Waals surface area contributed by atoms with Crippen LogP contribution in [-0.4, -0.2) is 61.1 Å². The molecule has 0 aromatic heterocycles. The van der Waals surface area contributed by atoms with Crippen molar-refractivity contribution in [1.82, 2.24) is 0 Å². The summed E-state index contributed by atoms with van der Waals surface area (Å²) in [7, 11) is -4.79. The molecule has 0 aromatic rings. The summed E-state index contributed by atoms with van der Waals surface area (Å²) >= 11 is 0. The van der Waals surface area contributed by atoms with Crippen molar-refractivity contribution in [1.29, 1.82) is 0 Å². The topological polar surface area (TPSA) is 165 Å². The van der Waals surface area contributed by atoms with E-state index in [0.717, 1.165) is 0 Å². The Hall–Kier alpha value is 4.37. The van der Waals surface area contributed by atoms with E-state index in [9.17, 15) is 9.36 Å². The van der Waals surface area contributed by atoms with E-state index in [2.05, 4.69) is 4.52 Å². The van der Waals surface area contributed by atoms with Crippen molar-refractivity contribution in [2.75, 3.05) is 6.61 Å². The molecule has 0 aromatic carbocycles. The van der Waals surface area contributed by atoms with Crippen LogP contribution < -0.4 is 154 Å². The molecule has 0 aliphatic rings. The molecule has 0 amide bonds. The van der Waals surface area contributed by atoms with Gasteiger partial charge in [0.2, 0.25) is 0 Å². The van der Waals surface area contributed by atoms with Gasteiger partial charge in [-0.2, -0.15) is 0 Å². The van der Waals surface area contributed by atoms with Gasteiger partial charge in [0.05, 0.1) is 19.1 Å². The maximum Gasteiger partial charge on any atom is 1.00 e. The SMILES string of the molecule is O=C(O)C[C@H](O)[C@@H](O)[C@H](O)COP(=O)(O)O.[H-].[H-].[H-].[K+].[K+].[K+]. The summed E-state index contributed by atoms with van der Waals surface area (Å²) < 4.78 is 14.1. The quantitative estimate of drug-likeness (QED) is 0.186. The van der Waals surface area contributed by atoms with Crippen molar-refractivity contribution in [3.8, 4) is 0 Å². The second-order valence-corrected chi connectivity index (χ2v) is 4.25. The average Bonchev–Trinajstić information content (AvgIpc) is 2.10. The minimum absolute atomic E-state index is 0. The Bertz CT molecular complexity index is 298. The molecule has 0 bridgehead atoms. The van der Waals surface area contributed by atoms with Gasteiger partial charge in [0.25, 0.3) is 0 Å². The summed E-state index contributed by atoms with van der Waals surface area (Å²) in [6, 6.07) is 0. The normalized spacial score (nSPS) is 15.0. The van der Waals surface area contributed by atoms with Gasteiger partial charge < -0.3 is 34.5 Å². The second kappa shape index (κ2) is 15.9. The van der Waals surface area contributed by atoms with Crippen LogP contribution in [0.5, 0.6) is 0 Å². The van der Waals surface area contributed by atoms with Gasteiger partial charge in [0.1, 0.15) is 12.2 Å². The first-order valence-corrected chi connectivity index (χ1v) is 5.62. The summed E-state index contributed by atoms with van der Waals surface area (Å²) in [5.74, 6) is -1.39. The molecule has 0 saturated heterocycles. The van der Waals surface area contributed by atoms with Gasteiger partial charge in [-0.3, -0.25) is 9.32 Å². The predicted octanol–water partition coefficient (Wildman–Crippen LogP) is -11.0. The van der Waals surface area contributed by atoms with Crippen LogP contribution in [0.4, 0.5) is 0 Å². The number of phosphoric ester groups is 1. The molecular weight excluding hydrogens is 364 g/mol. The van der Waals surface area contributed by atoms with E-state index in [-0.39, 0.29) is 158 Å². The second-order valence-electron chi connectivity index (χ2n) is 3.01. The summed E-state index contributed by atoms with van der Waals surface area (Å²) in [5.41, 5.74) is 0. The van der Waals surface area contributed by atoms with E-state index in [1.807, 2.05) is 0 Å². The molecule has 0 saturated carbocycles. The Kier molecular flexibility index (Phi) is 26.0. The number of phosphoric acid groups is 1. The van der Waals surface area contributed by atoms with Gasteiger partial charge in [0, 0.05) is 0 Å². The smallest absolute Gasteiger partial charge is 1.00 e. The van der Waals surface area contributed by atoms with Crippen molar-refractivity contribution in [3.05, 3.63) is 0 Å². The molecule has 0 aliphatic heterocycles. The zero-order chi connectivity index (χ0) is 12.9. The molecule has 0 unspecified atom stereocenters. The average molecular weight is 380 g/mol. The van der Waals surface area contributed by atoms with Gasteiger partial charge in [-0.15, -0.1) is 0 Å². The summed E-state index contributed by atoms with van der Waals surface area (Å²) in [4.78, 5) is 26.7. The van der Waals surface area contributed by atoms with Crippen molar-refractivity contribution in [2.45, 2.75) is 24.7 Å². The number of carboxylic acids is 1.